The van der Waals surface area contributed by atoms with E-state index in [0.717, 1.165) is 27.1 Å². The van der Waals surface area contributed by atoms with Gasteiger partial charge in [-0.1, -0.05) is 42.5 Å². The number of hydrogen-bond acceptors (Lipinski definition) is 4. The van der Waals surface area contributed by atoms with Crippen LogP contribution in [0.2, 0.25) is 0 Å². The molecule has 0 aliphatic carbocycles. The van der Waals surface area contributed by atoms with Crippen LogP contribution in [0, 0.1) is 13.8 Å². The van der Waals surface area contributed by atoms with E-state index >= 15 is 0 Å². The number of carbonyl (C=O) groups excluding carboxylic acids is 3. The molecule has 7 heteroatoms. The van der Waals surface area contributed by atoms with E-state index in [9.17, 15) is 14.4 Å². The smallest absolute Gasteiger partial charge is 0.325 e. The number of urea groups is 1. The largest absolute Gasteiger partial charge is 0.383 e. The minimum atomic E-state index is -1.25. The van der Waals surface area contributed by atoms with Gasteiger partial charge in [-0.2, -0.15) is 0 Å². The Morgan fingerprint density at radius 3 is 2.55 bits per heavy atom. The van der Waals surface area contributed by atoms with Gasteiger partial charge in [-0.3, -0.25) is 14.5 Å². The molecule has 0 radical (unpaired) electrons. The molecule has 3 amide bonds. The van der Waals surface area contributed by atoms with Crippen molar-refractivity contribution in [3.63, 3.8) is 0 Å². The fourth-order valence-electron chi connectivity index (χ4n) is 4.97. The van der Waals surface area contributed by atoms with Crippen LogP contribution in [-0.4, -0.2) is 47.4 Å². The fraction of sp³-hybridized carbons (Fsp3) is 0.346. The lowest BCUT2D eigenvalue weighted by molar-refractivity contribution is -0.130. The normalized spacial score (nSPS) is 19.2. The maximum atomic E-state index is 13.5. The van der Waals surface area contributed by atoms with Crippen LogP contribution in [0.1, 0.15) is 47.2 Å². The Kier molecular flexibility index (Phi) is 5.84. The minimum absolute atomic E-state index is 0.0583. The zero-order valence-corrected chi connectivity index (χ0v) is 19.6. The molecule has 0 unspecified atom stereocenters. The molecule has 2 heterocycles. The summed E-state index contributed by atoms with van der Waals surface area (Å²) in [7, 11) is 1.64. The van der Waals surface area contributed by atoms with Gasteiger partial charge in [0.15, 0.2) is 5.78 Å². The summed E-state index contributed by atoms with van der Waals surface area (Å²) in [5.41, 5.74) is 1.70. The Bertz CT molecular complexity index is 1260. The molecular formula is C26H29N3O4. The molecule has 1 N–H and O–H groups in total. The maximum absolute atomic E-state index is 13.5. The van der Waals surface area contributed by atoms with Crippen LogP contribution in [-0.2, 0) is 15.1 Å². The molecular weight excluding hydrogens is 418 g/mol. The van der Waals surface area contributed by atoms with Crippen LogP contribution in [0.25, 0.3) is 10.8 Å². The van der Waals surface area contributed by atoms with Crippen molar-refractivity contribution < 1.29 is 19.1 Å². The summed E-state index contributed by atoms with van der Waals surface area (Å²) in [5.74, 6) is -0.705. The molecule has 0 saturated carbocycles. The molecule has 7 nitrogen and oxygen atoms in total. The number of ketones is 1. The molecule has 172 valence electrons. The monoisotopic (exact) mass is 447 g/mol. The number of ether oxygens (including phenoxy) is 1. The molecule has 33 heavy (non-hydrogen) atoms. The van der Waals surface area contributed by atoms with Gasteiger partial charge in [-0.25, -0.2) is 4.79 Å². The Labute approximate surface area is 193 Å². The second kappa shape index (κ2) is 8.48. The Hall–Kier alpha value is -3.45. The van der Waals surface area contributed by atoms with Crippen molar-refractivity contribution in [3.05, 3.63) is 71.0 Å². The number of benzene rings is 2. The zero-order valence-electron chi connectivity index (χ0n) is 19.6. The first-order valence-corrected chi connectivity index (χ1v) is 11.0. The Morgan fingerprint density at radius 1 is 1.12 bits per heavy atom. The predicted octanol–water partition coefficient (Wildman–Crippen LogP) is 4.12. The summed E-state index contributed by atoms with van der Waals surface area (Å²) in [6, 6.07) is 14.7. The molecule has 1 aliphatic rings. The Morgan fingerprint density at radius 2 is 1.82 bits per heavy atom. The molecule has 1 saturated heterocycles. The van der Waals surface area contributed by atoms with Crippen molar-refractivity contribution in [2.24, 2.45) is 0 Å². The van der Waals surface area contributed by atoms with Crippen LogP contribution >= 0.6 is 0 Å². The fourth-order valence-corrected chi connectivity index (χ4v) is 4.97. The highest BCUT2D eigenvalue weighted by Gasteiger charge is 2.50. The second-order valence-corrected chi connectivity index (χ2v) is 8.86. The lowest BCUT2D eigenvalue weighted by Gasteiger charge is -2.24. The summed E-state index contributed by atoms with van der Waals surface area (Å²) in [6.45, 7) is 7.72. The molecule has 3 aromatic rings. The average molecular weight is 448 g/mol. The van der Waals surface area contributed by atoms with E-state index in [1.54, 1.807) is 14.0 Å². The SMILES string of the molecule is COC[C@@H](C)n1c(C)cc(C(=O)CN2C(=O)N[C@](C)(c3cccc4ccccc34)C2=O)c1C. The topological polar surface area (TPSA) is 80.6 Å². The summed E-state index contributed by atoms with van der Waals surface area (Å²) in [4.78, 5) is 40.5. The van der Waals surface area contributed by atoms with Gasteiger partial charge in [-0.05, 0) is 50.1 Å². The molecule has 1 aliphatic heterocycles. The van der Waals surface area contributed by atoms with Crippen molar-refractivity contribution in [3.8, 4) is 0 Å². The van der Waals surface area contributed by atoms with Crippen LogP contribution in [0.15, 0.2) is 48.5 Å². The van der Waals surface area contributed by atoms with Crippen molar-refractivity contribution in [1.82, 2.24) is 14.8 Å². The van der Waals surface area contributed by atoms with E-state index in [1.165, 1.54) is 0 Å². The molecule has 2 aromatic carbocycles. The number of rotatable bonds is 7. The first kappa shape index (κ1) is 22.7. The van der Waals surface area contributed by atoms with Crippen LogP contribution in [0.3, 0.4) is 0 Å². The number of Topliss-reactive ketones (excluding diaryl/α,β-unsaturated/α-hetero) is 1. The van der Waals surface area contributed by atoms with E-state index in [0.29, 0.717) is 17.7 Å². The number of nitrogens with one attached hydrogen (secondary N) is 1. The van der Waals surface area contributed by atoms with Crippen molar-refractivity contribution in [2.45, 2.75) is 39.3 Å². The number of methoxy groups -OCH3 is 1. The molecule has 4 rings (SSSR count). The highest BCUT2D eigenvalue weighted by Crippen LogP contribution is 2.34. The summed E-state index contributed by atoms with van der Waals surface area (Å²) in [5, 5.41) is 4.69. The highest BCUT2D eigenvalue weighted by molar-refractivity contribution is 6.12. The Balaban J connectivity index is 1.63. The van der Waals surface area contributed by atoms with E-state index in [-0.39, 0.29) is 18.4 Å². The first-order valence-electron chi connectivity index (χ1n) is 11.0. The molecule has 1 fully saturated rings. The van der Waals surface area contributed by atoms with Crippen molar-refractivity contribution in [2.75, 3.05) is 20.3 Å². The second-order valence-electron chi connectivity index (χ2n) is 8.86. The van der Waals surface area contributed by atoms with Crippen molar-refractivity contribution >= 4 is 28.5 Å². The number of nitrogens with zero attached hydrogens (tertiary/aromatic N) is 2. The van der Waals surface area contributed by atoms with Crippen molar-refractivity contribution in [1.29, 1.82) is 0 Å². The number of aromatic nitrogens is 1. The van der Waals surface area contributed by atoms with Gasteiger partial charge < -0.3 is 14.6 Å². The lowest BCUT2D eigenvalue weighted by atomic mass is 9.88. The standard InChI is InChI=1S/C26H29N3O4/c1-16-13-21(18(3)29(16)17(2)15-33-5)23(30)14-28-24(31)26(4,27-25(28)32)22-12-8-10-19-9-6-7-11-20(19)22/h6-13,17H,14-15H2,1-5H3,(H,27,32)/t17-,26-/m1/s1. The molecule has 1 aromatic heterocycles. The van der Waals surface area contributed by atoms with Gasteiger partial charge in [0.1, 0.15) is 5.54 Å². The number of imide groups is 1. The number of carbonyl (C=O) groups is 3. The van der Waals surface area contributed by atoms with E-state index in [2.05, 4.69) is 5.32 Å². The van der Waals surface area contributed by atoms with Gasteiger partial charge in [-0.15, -0.1) is 0 Å². The lowest BCUT2D eigenvalue weighted by Crippen LogP contribution is -2.41. The summed E-state index contributed by atoms with van der Waals surface area (Å²) < 4.78 is 7.30. The summed E-state index contributed by atoms with van der Waals surface area (Å²) >= 11 is 0. The zero-order chi connectivity index (χ0) is 23.9. The number of fused-ring (bicyclic) bond motifs is 1. The quantitative estimate of drug-likeness (QED) is 0.437. The molecule has 0 spiro atoms. The van der Waals surface area contributed by atoms with Gasteiger partial charge in [0.25, 0.3) is 5.91 Å². The third kappa shape index (κ3) is 3.72. The third-order valence-corrected chi connectivity index (χ3v) is 6.54. The average Bonchev–Trinajstić information content (AvgIpc) is 3.20. The third-order valence-electron chi connectivity index (χ3n) is 6.54. The van der Waals surface area contributed by atoms with E-state index < -0.39 is 17.5 Å². The number of hydrogen-bond donors (Lipinski definition) is 1. The minimum Gasteiger partial charge on any atom is -0.383 e. The van der Waals surface area contributed by atoms with Gasteiger partial charge in [0.05, 0.1) is 19.2 Å². The van der Waals surface area contributed by atoms with E-state index in [1.807, 2.05) is 73.9 Å². The first-order chi connectivity index (χ1) is 15.7. The summed E-state index contributed by atoms with van der Waals surface area (Å²) in [6.07, 6.45) is 0. The van der Waals surface area contributed by atoms with Crippen LogP contribution in [0.5, 0.6) is 0 Å². The molecule has 0 bridgehead atoms. The predicted molar refractivity (Wildman–Crippen MR) is 126 cm³/mol. The molecule has 2 atom stereocenters. The van der Waals surface area contributed by atoms with Gasteiger partial charge in [0, 0.05) is 24.1 Å². The van der Waals surface area contributed by atoms with E-state index in [4.69, 9.17) is 4.74 Å². The van der Waals surface area contributed by atoms with Gasteiger partial charge in [0.2, 0.25) is 0 Å². The number of amides is 3. The maximum Gasteiger partial charge on any atom is 0.325 e. The van der Waals surface area contributed by atoms with Gasteiger partial charge >= 0.3 is 6.03 Å². The van der Waals surface area contributed by atoms with Crippen LogP contribution < -0.4 is 5.32 Å². The van der Waals surface area contributed by atoms with Crippen LogP contribution in [0.4, 0.5) is 4.79 Å². The highest BCUT2D eigenvalue weighted by atomic mass is 16.5. The number of aryl methyl sites for hydroxylation is 1.